The van der Waals surface area contributed by atoms with Crippen LogP contribution in [-0.4, -0.2) is 54.6 Å². The third kappa shape index (κ3) is 3.73. The van der Waals surface area contributed by atoms with Crippen LogP contribution in [0.15, 0.2) is 30.3 Å². The standard InChI is InChI=1S/C16H23N3O/c20-16(17-15-6-7-15)19-12-10-18(11-13-19)9-8-14-4-2-1-3-5-14/h1-5,15H,6-13H2,(H,17,20). The molecule has 4 heteroatoms. The molecule has 2 amide bonds. The molecule has 1 aliphatic heterocycles. The van der Waals surface area contributed by atoms with Gasteiger partial charge in [0, 0.05) is 38.8 Å². The largest absolute Gasteiger partial charge is 0.335 e. The number of rotatable bonds is 4. The Morgan fingerprint density at radius 3 is 2.45 bits per heavy atom. The van der Waals surface area contributed by atoms with Gasteiger partial charge in [0.25, 0.3) is 0 Å². The fraction of sp³-hybridized carbons (Fsp3) is 0.562. The maximum Gasteiger partial charge on any atom is 0.317 e. The zero-order chi connectivity index (χ0) is 13.8. The highest BCUT2D eigenvalue weighted by Gasteiger charge is 2.27. The molecular weight excluding hydrogens is 250 g/mol. The Hall–Kier alpha value is -1.55. The average Bonchev–Trinajstić information content (AvgIpc) is 3.31. The smallest absolute Gasteiger partial charge is 0.317 e. The van der Waals surface area contributed by atoms with E-state index >= 15 is 0 Å². The van der Waals surface area contributed by atoms with Gasteiger partial charge < -0.3 is 10.2 Å². The van der Waals surface area contributed by atoms with Gasteiger partial charge in [0.1, 0.15) is 0 Å². The van der Waals surface area contributed by atoms with Crippen molar-refractivity contribution in [2.24, 2.45) is 0 Å². The van der Waals surface area contributed by atoms with E-state index in [1.165, 1.54) is 5.56 Å². The second kappa shape index (κ2) is 6.27. The molecule has 2 aliphatic rings. The molecule has 0 spiro atoms. The second-order valence-electron chi connectivity index (χ2n) is 5.79. The molecule has 1 heterocycles. The summed E-state index contributed by atoms with van der Waals surface area (Å²) in [5, 5.41) is 3.06. The van der Waals surface area contributed by atoms with E-state index in [0.717, 1.165) is 52.0 Å². The van der Waals surface area contributed by atoms with Crippen LogP contribution >= 0.6 is 0 Å². The van der Waals surface area contributed by atoms with Gasteiger partial charge in [-0.1, -0.05) is 30.3 Å². The summed E-state index contributed by atoms with van der Waals surface area (Å²) in [5.41, 5.74) is 1.39. The number of piperazine rings is 1. The second-order valence-corrected chi connectivity index (χ2v) is 5.79. The van der Waals surface area contributed by atoms with Gasteiger partial charge in [0.2, 0.25) is 0 Å². The Labute approximate surface area is 120 Å². The van der Waals surface area contributed by atoms with Crippen molar-refractivity contribution in [1.29, 1.82) is 0 Å². The predicted octanol–water partition coefficient (Wildman–Crippen LogP) is 1.72. The van der Waals surface area contributed by atoms with E-state index in [2.05, 4.69) is 40.5 Å². The maximum absolute atomic E-state index is 11.9. The number of hydrogen-bond acceptors (Lipinski definition) is 2. The van der Waals surface area contributed by atoms with E-state index in [0.29, 0.717) is 6.04 Å². The topological polar surface area (TPSA) is 35.6 Å². The van der Waals surface area contributed by atoms with Crippen molar-refractivity contribution >= 4 is 6.03 Å². The molecule has 1 aromatic rings. The first-order valence-corrected chi connectivity index (χ1v) is 7.63. The number of carbonyl (C=O) groups is 1. The van der Waals surface area contributed by atoms with Gasteiger partial charge in [-0.05, 0) is 24.8 Å². The van der Waals surface area contributed by atoms with Gasteiger partial charge in [-0.3, -0.25) is 4.90 Å². The van der Waals surface area contributed by atoms with E-state index in [1.807, 2.05) is 4.90 Å². The number of urea groups is 1. The number of hydrogen-bond donors (Lipinski definition) is 1. The van der Waals surface area contributed by atoms with Crippen LogP contribution in [0.2, 0.25) is 0 Å². The van der Waals surface area contributed by atoms with Crippen molar-refractivity contribution in [3.8, 4) is 0 Å². The molecule has 3 rings (SSSR count). The van der Waals surface area contributed by atoms with Crippen LogP contribution in [0.5, 0.6) is 0 Å². The summed E-state index contributed by atoms with van der Waals surface area (Å²) in [4.78, 5) is 16.3. The fourth-order valence-electron chi connectivity index (χ4n) is 2.60. The summed E-state index contributed by atoms with van der Waals surface area (Å²) in [6.07, 6.45) is 3.40. The van der Waals surface area contributed by atoms with Crippen molar-refractivity contribution < 1.29 is 4.79 Å². The molecule has 1 aliphatic carbocycles. The SMILES string of the molecule is O=C(NC1CC1)N1CCN(CCc2ccccc2)CC1. The molecule has 1 N–H and O–H groups in total. The van der Waals surface area contributed by atoms with E-state index in [9.17, 15) is 4.79 Å². The summed E-state index contributed by atoms with van der Waals surface area (Å²) in [5.74, 6) is 0. The third-order valence-corrected chi connectivity index (χ3v) is 4.12. The molecule has 20 heavy (non-hydrogen) atoms. The summed E-state index contributed by atoms with van der Waals surface area (Å²) in [6, 6.07) is 11.2. The molecule has 0 atom stereocenters. The molecule has 0 aromatic heterocycles. The molecule has 2 fully saturated rings. The Bertz CT molecular complexity index is 436. The zero-order valence-electron chi connectivity index (χ0n) is 11.9. The lowest BCUT2D eigenvalue weighted by molar-refractivity contribution is 0.140. The van der Waals surface area contributed by atoms with Crippen molar-refractivity contribution in [2.45, 2.75) is 25.3 Å². The lowest BCUT2D eigenvalue weighted by Gasteiger charge is -2.34. The number of carbonyl (C=O) groups excluding carboxylic acids is 1. The van der Waals surface area contributed by atoms with E-state index in [1.54, 1.807) is 0 Å². The molecule has 108 valence electrons. The molecule has 0 unspecified atom stereocenters. The Morgan fingerprint density at radius 1 is 1.10 bits per heavy atom. The van der Waals surface area contributed by atoms with Gasteiger partial charge in [-0.25, -0.2) is 4.79 Å². The minimum atomic E-state index is 0.134. The summed E-state index contributed by atoms with van der Waals surface area (Å²) in [6.45, 7) is 4.78. The van der Waals surface area contributed by atoms with Crippen LogP contribution in [-0.2, 0) is 6.42 Å². The van der Waals surface area contributed by atoms with Crippen LogP contribution in [0, 0.1) is 0 Å². The average molecular weight is 273 g/mol. The van der Waals surface area contributed by atoms with Gasteiger partial charge in [-0.2, -0.15) is 0 Å². The third-order valence-electron chi connectivity index (χ3n) is 4.12. The molecule has 0 radical (unpaired) electrons. The van der Waals surface area contributed by atoms with Crippen molar-refractivity contribution in [3.63, 3.8) is 0 Å². The first-order valence-electron chi connectivity index (χ1n) is 7.63. The summed E-state index contributed by atoms with van der Waals surface area (Å²) < 4.78 is 0. The molecule has 1 saturated heterocycles. The zero-order valence-corrected chi connectivity index (χ0v) is 11.9. The van der Waals surface area contributed by atoms with Crippen molar-refractivity contribution in [3.05, 3.63) is 35.9 Å². The van der Waals surface area contributed by atoms with Gasteiger partial charge >= 0.3 is 6.03 Å². The molecule has 1 aromatic carbocycles. The fourth-order valence-corrected chi connectivity index (χ4v) is 2.60. The number of benzene rings is 1. The summed E-state index contributed by atoms with van der Waals surface area (Å²) >= 11 is 0. The van der Waals surface area contributed by atoms with Gasteiger partial charge in [0.15, 0.2) is 0 Å². The number of nitrogens with zero attached hydrogens (tertiary/aromatic N) is 2. The van der Waals surface area contributed by atoms with Crippen LogP contribution in [0.25, 0.3) is 0 Å². The summed E-state index contributed by atoms with van der Waals surface area (Å²) in [7, 11) is 0. The van der Waals surface area contributed by atoms with Gasteiger partial charge in [0.05, 0.1) is 0 Å². The quantitative estimate of drug-likeness (QED) is 0.906. The van der Waals surface area contributed by atoms with E-state index < -0.39 is 0 Å². The maximum atomic E-state index is 11.9. The molecule has 0 bridgehead atoms. The highest BCUT2D eigenvalue weighted by atomic mass is 16.2. The van der Waals surface area contributed by atoms with Crippen LogP contribution in [0.1, 0.15) is 18.4 Å². The monoisotopic (exact) mass is 273 g/mol. The first-order chi connectivity index (χ1) is 9.81. The highest BCUT2D eigenvalue weighted by molar-refractivity contribution is 5.75. The normalized spacial score (nSPS) is 19.9. The number of nitrogens with one attached hydrogen (secondary N) is 1. The minimum Gasteiger partial charge on any atom is -0.335 e. The van der Waals surface area contributed by atoms with E-state index in [-0.39, 0.29) is 6.03 Å². The Morgan fingerprint density at radius 2 is 1.80 bits per heavy atom. The molecule has 1 saturated carbocycles. The highest BCUT2D eigenvalue weighted by Crippen LogP contribution is 2.19. The lowest BCUT2D eigenvalue weighted by Crippen LogP contribution is -2.52. The van der Waals surface area contributed by atoms with Crippen LogP contribution < -0.4 is 5.32 Å². The predicted molar refractivity (Wildman–Crippen MR) is 79.7 cm³/mol. The molecule has 4 nitrogen and oxygen atoms in total. The first kappa shape index (κ1) is 13.4. The van der Waals surface area contributed by atoms with Gasteiger partial charge in [-0.15, -0.1) is 0 Å². The van der Waals surface area contributed by atoms with E-state index in [4.69, 9.17) is 0 Å². The molecular formula is C16H23N3O. The number of amides is 2. The lowest BCUT2D eigenvalue weighted by atomic mass is 10.1. The van der Waals surface area contributed by atoms with Crippen LogP contribution in [0.4, 0.5) is 4.79 Å². The Balaban J connectivity index is 1.38. The van der Waals surface area contributed by atoms with Crippen molar-refractivity contribution in [2.75, 3.05) is 32.7 Å². The minimum absolute atomic E-state index is 0.134. The van der Waals surface area contributed by atoms with Crippen molar-refractivity contribution in [1.82, 2.24) is 15.1 Å². The van der Waals surface area contributed by atoms with Crippen LogP contribution in [0.3, 0.4) is 0 Å². The Kier molecular flexibility index (Phi) is 4.21.